The summed E-state index contributed by atoms with van der Waals surface area (Å²) in [4.78, 5) is 38.8. The second-order valence-corrected chi connectivity index (χ2v) is 9.10. The molecule has 8 nitrogen and oxygen atoms in total. The quantitative estimate of drug-likeness (QED) is 0.667. The summed E-state index contributed by atoms with van der Waals surface area (Å²) < 4.78 is 5.75. The van der Waals surface area contributed by atoms with Gasteiger partial charge in [0.15, 0.2) is 0 Å². The zero-order valence-electron chi connectivity index (χ0n) is 18.0. The number of benzene rings is 1. The van der Waals surface area contributed by atoms with Gasteiger partial charge in [0.2, 0.25) is 17.7 Å². The van der Waals surface area contributed by atoms with E-state index < -0.39 is 6.04 Å². The number of amides is 3. The molecule has 0 radical (unpaired) electrons. The van der Waals surface area contributed by atoms with Crippen molar-refractivity contribution in [3.8, 4) is 0 Å². The molecule has 0 aliphatic carbocycles. The molecule has 2 heterocycles. The summed E-state index contributed by atoms with van der Waals surface area (Å²) in [6, 6.07) is 7.15. The molecule has 164 valence electrons. The van der Waals surface area contributed by atoms with Crippen molar-refractivity contribution in [3.63, 3.8) is 0 Å². The highest BCUT2D eigenvalue weighted by Crippen LogP contribution is 2.22. The van der Waals surface area contributed by atoms with Crippen molar-refractivity contribution in [2.24, 2.45) is 5.41 Å². The first-order valence-electron chi connectivity index (χ1n) is 10.5. The maximum Gasteiger partial charge on any atom is 0.243 e. The Morgan fingerprint density at radius 1 is 1.23 bits per heavy atom. The smallest absolute Gasteiger partial charge is 0.243 e. The fraction of sp³-hybridized carbons (Fsp3) is 0.591. The van der Waals surface area contributed by atoms with E-state index in [-0.39, 0.29) is 42.3 Å². The molecule has 30 heavy (non-hydrogen) atoms. The summed E-state index contributed by atoms with van der Waals surface area (Å²) in [5.74, 6) is -0.663. The summed E-state index contributed by atoms with van der Waals surface area (Å²) in [5, 5.41) is 8.85. The van der Waals surface area contributed by atoms with Crippen molar-refractivity contribution in [1.29, 1.82) is 0 Å². The lowest BCUT2D eigenvalue weighted by Gasteiger charge is -2.36. The van der Waals surface area contributed by atoms with Crippen LogP contribution in [0, 0.1) is 5.41 Å². The fourth-order valence-electron chi connectivity index (χ4n) is 3.63. The van der Waals surface area contributed by atoms with E-state index in [1.54, 1.807) is 0 Å². The molecule has 0 spiro atoms. The Morgan fingerprint density at radius 3 is 2.60 bits per heavy atom. The van der Waals surface area contributed by atoms with Gasteiger partial charge in [0, 0.05) is 26.1 Å². The van der Waals surface area contributed by atoms with Gasteiger partial charge in [-0.2, -0.15) is 0 Å². The monoisotopic (exact) mass is 416 g/mol. The fourth-order valence-corrected chi connectivity index (χ4v) is 3.63. The van der Waals surface area contributed by atoms with Crippen LogP contribution < -0.4 is 16.0 Å². The summed E-state index contributed by atoms with van der Waals surface area (Å²) in [6.45, 7) is 8.68. The highest BCUT2D eigenvalue weighted by Gasteiger charge is 2.36. The number of morpholine rings is 1. The first kappa shape index (κ1) is 22.2. The standard InChI is InChI=1S/C22H32N4O4/c1-22(2,3)11-20(28)26-14-25-19(27)10-17(26)21(29)24-12-15-4-6-16(7-5-15)18-13-23-8-9-30-18/h4-7,17-18,23H,8-14H2,1-3H3,(H,24,29)(H,25,27). The molecule has 2 atom stereocenters. The second-order valence-electron chi connectivity index (χ2n) is 9.10. The third-order valence-electron chi connectivity index (χ3n) is 5.25. The summed E-state index contributed by atoms with van der Waals surface area (Å²) in [5.41, 5.74) is 1.85. The number of carbonyl (C=O) groups is 3. The molecule has 0 aromatic heterocycles. The van der Waals surface area contributed by atoms with E-state index in [1.807, 2.05) is 45.0 Å². The van der Waals surface area contributed by atoms with Gasteiger partial charge in [0.05, 0.1) is 25.8 Å². The van der Waals surface area contributed by atoms with E-state index in [9.17, 15) is 14.4 Å². The molecule has 2 aliphatic heterocycles. The molecular formula is C22H32N4O4. The Balaban J connectivity index is 1.58. The maximum atomic E-state index is 12.8. The van der Waals surface area contributed by atoms with Crippen molar-refractivity contribution in [1.82, 2.24) is 20.9 Å². The zero-order chi connectivity index (χ0) is 21.7. The summed E-state index contributed by atoms with van der Waals surface area (Å²) >= 11 is 0. The average molecular weight is 417 g/mol. The highest BCUT2D eigenvalue weighted by molar-refractivity contribution is 5.93. The second kappa shape index (κ2) is 9.57. The molecule has 3 amide bonds. The number of carbonyl (C=O) groups excluding carboxylic acids is 3. The summed E-state index contributed by atoms with van der Waals surface area (Å²) in [7, 11) is 0. The number of nitrogens with zero attached hydrogens (tertiary/aromatic N) is 1. The lowest BCUT2D eigenvalue weighted by Crippen LogP contribution is -2.59. The van der Waals surface area contributed by atoms with Crippen molar-refractivity contribution >= 4 is 17.7 Å². The van der Waals surface area contributed by atoms with Crippen LogP contribution in [0.1, 0.15) is 50.8 Å². The molecule has 3 rings (SSSR count). The van der Waals surface area contributed by atoms with Crippen LogP contribution in [-0.4, -0.2) is 55.0 Å². The van der Waals surface area contributed by atoms with Crippen molar-refractivity contribution in [2.45, 2.75) is 52.3 Å². The van der Waals surface area contributed by atoms with Crippen LogP contribution in [0.2, 0.25) is 0 Å². The number of rotatable bonds is 5. The van der Waals surface area contributed by atoms with Crippen molar-refractivity contribution < 1.29 is 19.1 Å². The molecular weight excluding hydrogens is 384 g/mol. The van der Waals surface area contributed by atoms with E-state index >= 15 is 0 Å². The zero-order valence-corrected chi connectivity index (χ0v) is 18.0. The van der Waals surface area contributed by atoms with Crippen LogP contribution in [0.4, 0.5) is 0 Å². The number of ether oxygens (including phenoxy) is 1. The minimum atomic E-state index is -0.783. The van der Waals surface area contributed by atoms with Gasteiger partial charge in [-0.15, -0.1) is 0 Å². The van der Waals surface area contributed by atoms with Gasteiger partial charge in [-0.1, -0.05) is 45.0 Å². The number of nitrogens with one attached hydrogen (secondary N) is 3. The lowest BCUT2D eigenvalue weighted by molar-refractivity contribution is -0.148. The molecule has 2 aliphatic rings. The predicted molar refractivity (Wildman–Crippen MR) is 112 cm³/mol. The lowest BCUT2D eigenvalue weighted by atomic mass is 9.91. The third-order valence-corrected chi connectivity index (χ3v) is 5.25. The molecule has 1 aromatic rings. The topological polar surface area (TPSA) is 99.8 Å². The molecule has 2 fully saturated rings. The predicted octanol–water partition coefficient (Wildman–Crippen LogP) is 1.07. The molecule has 2 unspecified atom stereocenters. The van der Waals surface area contributed by atoms with Crippen LogP contribution >= 0.6 is 0 Å². The average Bonchev–Trinajstić information content (AvgIpc) is 2.71. The van der Waals surface area contributed by atoms with Gasteiger partial charge in [0.25, 0.3) is 0 Å². The van der Waals surface area contributed by atoms with Gasteiger partial charge in [-0.05, 0) is 16.5 Å². The number of hydrogen-bond acceptors (Lipinski definition) is 5. The first-order chi connectivity index (χ1) is 14.2. The van der Waals surface area contributed by atoms with Crippen molar-refractivity contribution in [2.75, 3.05) is 26.4 Å². The molecule has 1 aromatic carbocycles. The van der Waals surface area contributed by atoms with E-state index in [4.69, 9.17) is 4.74 Å². The van der Waals surface area contributed by atoms with E-state index in [0.717, 1.165) is 24.2 Å². The maximum absolute atomic E-state index is 12.8. The van der Waals surface area contributed by atoms with Gasteiger partial charge < -0.3 is 25.6 Å². The van der Waals surface area contributed by atoms with Crippen molar-refractivity contribution in [3.05, 3.63) is 35.4 Å². The SMILES string of the molecule is CC(C)(C)CC(=O)N1CNC(=O)CC1C(=O)NCc1ccc(C2CNCCO2)cc1. The normalized spacial score (nSPS) is 22.4. The Hall–Kier alpha value is -2.45. The Labute approximate surface area is 177 Å². The largest absolute Gasteiger partial charge is 0.371 e. The van der Waals surface area contributed by atoms with Gasteiger partial charge in [-0.25, -0.2) is 0 Å². The van der Waals surface area contributed by atoms with E-state index in [0.29, 0.717) is 19.6 Å². The van der Waals surface area contributed by atoms with Crippen LogP contribution in [-0.2, 0) is 25.7 Å². The third kappa shape index (κ3) is 6.03. The molecule has 8 heteroatoms. The number of hydrogen-bond donors (Lipinski definition) is 3. The molecule has 2 saturated heterocycles. The highest BCUT2D eigenvalue weighted by atomic mass is 16.5. The van der Waals surface area contributed by atoms with Gasteiger partial charge >= 0.3 is 0 Å². The van der Waals surface area contributed by atoms with Crippen LogP contribution in [0.5, 0.6) is 0 Å². The summed E-state index contributed by atoms with van der Waals surface area (Å²) in [6.07, 6.45) is 0.337. The molecule has 0 saturated carbocycles. The first-order valence-corrected chi connectivity index (χ1v) is 10.5. The van der Waals surface area contributed by atoms with Crippen LogP contribution in [0.15, 0.2) is 24.3 Å². The molecule has 0 bridgehead atoms. The van der Waals surface area contributed by atoms with Crippen LogP contribution in [0.25, 0.3) is 0 Å². The van der Waals surface area contributed by atoms with E-state index in [2.05, 4.69) is 16.0 Å². The van der Waals surface area contributed by atoms with Gasteiger partial charge in [-0.3, -0.25) is 14.4 Å². The van der Waals surface area contributed by atoms with E-state index in [1.165, 1.54) is 4.90 Å². The van der Waals surface area contributed by atoms with Gasteiger partial charge in [0.1, 0.15) is 6.04 Å². The Kier molecular flexibility index (Phi) is 7.10. The minimum Gasteiger partial charge on any atom is -0.371 e. The Bertz CT molecular complexity index is 766. The van der Waals surface area contributed by atoms with Crippen LogP contribution in [0.3, 0.4) is 0 Å². The molecule has 3 N–H and O–H groups in total. The Morgan fingerprint density at radius 2 is 1.97 bits per heavy atom. The minimum absolute atomic E-state index is 0.0212.